The number of benzene rings is 2. The maximum absolute atomic E-state index is 12.1. The smallest absolute Gasteiger partial charge is 0.325 e. The van der Waals surface area contributed by atoms with Crippen LogP contribution in [0.1, 0.15) is 28.9 Å². The van der Waals surface area contributed by atoms with Crippen molar-refractivity contribution in [3.63, 3.8) is 0 Å². The zero-order chi connectivity index (χ0) is 21.2. The van der Waals surface area contributed by atoms with E-state index in [1.165, 1.54) is 7.11 Å². The topological polar surface area (TPSA) is 103 Å². The van der Waals surface area contributed by atoms with E-state index in [1.807, 2.05) is 0 Å². The van der Waals surface area contributed by atoms with E-state index in [-0.39, 0.29) is 6.54 Å². The molecule has 1 atom stereocenters. The van der Waals surface area contributed by atoms with Crippen molar-refractivity contribution in [2.45, 2.75) is 13.0 Å². The number of nitrogens with one attached hydrogen (secondary N) is 2. The number of amides is 2. The molecule has 0 aromatic heterocycles. The average molecular weight is 400 g/mol. The zero-order valence-electron chi connectivity index (χ0n) is 16.6. The molecule has 0 saturated carbocycles. The van der Waals surface area contributed by atoms with Crippen LogP contribution in [0.5, 0.6) is 11.5 Å². The van der Waals surface area contributed by atoms with Crippen molar-refractivity contribution in [3.8, 4) is 11.5 Å². The first-order valence-corrected chi connectivity index (χ1v) is 8.94. The summed E-state index contributed by atoms with van der Waals surface area (Å²) in [6.45, 7) is 0.980. The molecule has 2 rings (SSSR count). The third-order valence-corrected chi connectivity index (χ3v) is 4.07. The SMILES string of the molecule is COc1ccc(OC)c(C(C)NC(=O)COC(=O)CNC(=O)c2ccccc2)c1. The van der Waals surface area contributed by atoms with Crippen molar-refractivity contribution in [1.82, 2.24) is 10.6 Å². The largest absolute Gasteiger partial charge is 0.497 e. The number of carbonyl (C=O) groups is 3. The molecule has 8 nitrogen and oxygen atoms in total. The second-order valence-electron chi connectivity index (χ2n) is 6.11. The van der Waals surface area contributed by atoms with Crippen molar-refractivity contribution < 1.29 is 28.6 Å². The number of esters is 1. The Morgan fingerprint density at radius 1 is 1.00 bits per heavy atom. The lowest BCUT2D eigenvalue weighted by Gasteiger charge is -2.18. The van der Waals surface area contributed by atoms with Crippen molar-refractivity contribution in [2.75, 3.05) is 27.4 Å². The van der Waals surface area contributed by atoms with Gasteiger partial charge in [-0.05, 0) is 37.3 Å². The first kappa shape index (κ1) is 21.7. The molecule has 2 amide bonds. The number of rotatable bonds is 9. The van der Waals surface area contributed by atoms with Gasteiger partial charge in [0.15, 0.2) is 6.61 Å². The minimum absolute atomic E-state index is 0.333. The van der Waals surface area contributed by atoms with Crippen molar-refractivity contribution >= 4 is 17.8 Å². The van der Waals surface area contributed by atoms with Crippen molar-refractivity contribution in [3.05, 3.63) is 59.7 Å². The molecule has 0 aliphatic carbocycles. The van der Waals surface area contributed by atoms with Gasteiger partial charge < -0.3 is 24.8 Å². The van der Waals surface area contributed by atoms with Crippen LogP contribution >= 0.6 is 0 Å². The first-order valence-electron chi connectivity index (χ1n) is 8.94. The Bertz CT molecular complexity index is 854. The molecular weight excluding hydrogens is 376 g/mol. The van der Waals surface area contributed by atoms with Crippen molar-refractivity contribution in [2.24, 2.45) is 0 Å². The van der Waals surface area contributed by atoms with Gasteiger partial charge in [-0.2, -0.15) is 0 Å². The molecule has 2 aromatic rings. The lowest BCUT2D eigenvalue weighted by Crippen LogP contribution is -2.34. The highest BCUT2D eigenvalue weighted by Gasteiger charge is 2.16. The maximum Gasteiger partial charge on any atom is 0.325 e. The molecule has 0 bridgehead atoms. The Kier molecular flexibility index (Phi) is 8.02. The van der Waals surface area contributed by atoms with Crippen LogP contribution in [0.4, 0.5) is 0 Å². The van der Waals surface area contributed by atoms with E-state index in [0.717, 1.165) is 5.56 Å². The Morgan fingerprint density at radius 2 is 1.72 bits per heavy atom. The summed E-state index contributed by atoms with van der Waals surface area (Å²) in [5.41, 5.74) is 1.15. The van der Waals surface area contributed by atoms with Gasteiger partial charge in [0.25, 0.3) is 11.8 Å². The molecule has 1 unspecified atom stereocenters. The fourth-order valence-electron chi connectivity index (χ4n) is 2.58. The molecule has 154 valence electrons. The quantitative estimate of drug-likeness (QED) is 0.623. The Labute approximate surface area is 169 Å². The highest BCUT2D eigenvalue weighted by molar-refractivity contribution is 5.96. The lowest BCUT2D eigenvalue weighted by molar-refractivity contribution is -0.147. The van der Waals surface area contributed by atoms with Crippen LogP contribution in [0.2, 0.25) is 0 Å². The second-order valence-corrected chi connectivity index (χ2v) is 6.11. The normalized spacial score (nSPS) is 11.1. The van der Waals surface area contributed by atoms with Crippen LogP contribution in [0.3, 0.4) is 0 Å². The summed E-state index contributed by atoms with van der Waals surface area (Å²) in [5.74, 6) is -0.367. The average Bonchev–Trinajstić information content (AvgIpc) is 2.75. The van der Waals surface area contributed by atoms with Crippen LogP contribution in [0.15, 0.2) is 48.5 Å². The third kappa shape index (κ3) is 6.53. The second kappa shape index (κ2) is 10.7. The Morgan fingerprint density at radius 3 is 2.38 bits per heavy atom. The van der Waals surface area contributed by atoms with Gasteiger partial charge in [-0.1, -0.05) is 18.2 Å². The third-order valence-electron chi connectivity index (χ3n) is 4.07. The van der Waals surface area contributed by atoms with Crippen molar-refractivity contribution in [1.29, 1.82) is 0 Å². The highest BCUT2D eigenvalue weighted by atomic mass is 16.5. The lowest BCUT2D eigenvalue weighted by atomic mass is 10.1. The number of ether oxygens (including phenoxy) is 3. The number of carbonyl (C=O) groups excluding carboxylic acids is 3. The summed E-state index contributed by atoms with van der Waals surface area (Å²) >= 11 is 0. The molecular formula is C21H24N2O6. The number of hydrogen-bond acceptors (Lipinski definition) is 6. The Balaban J connectivity index is 1.80. The van der Waals surface area contributed by atoms with E-state index >= 15 is 0 Å². The van der Waals surface area contributed by atoms with E-state index < -0.39 is 30.4 Å². The van der Waals surface area contributed by atoms with Gasteiger partial charge >= 0.3 is 5.97 Å². The van der Waals surface area contributed by atoms with Gasteiger partial charge in [-0.15, -0.1) is 0 Å². The van der Waals surface area contributed by atoms with Gasteiger partial charge in [-0.3, -0.25) is 14.4 Å². The van der Waals surface area contributed by atoms with Gasteiger partial charge in [0.1, 0.15) is 18.0 Å². The predicted octanol–water partition coefficient (Wildman–Crippen LogP) is 1.85. The van der Waals surface area contributed by atoms with Crippen LogP contribution in [-0.4, -0.2) is 45.2 Å². The van der Waals surface area contributed by atoms with E-state index in [2.05, 4.69) is 10.6 Å². The minimum atomic E-state index is -0.712. The molecule has 0 saturated heterocycles. The fourth-order valence-corrected chi connectivity index (χ4v) is 2.58. The number of methoxy groups -OCH3 is 2. The fraction of sp³-hybridized carbons (Fsp3) is 0.286. The molecule has 29 heavy (non-hydrogen) atoms. The minimum Gasteiger partial charge on any atom is -0.497 e. The first-order chi connectivity index (χ1) is 13.9. The van der Waals surface area contributed by atoms with E-state index in [0.29, 0.717) is 17.1 Å². The van der Waals surface area contributed by atoms with Crippen LogP contribution < -0.4 is 20.1 Å². The summed E-state index contributed by atoms with van der Waals surface area (Å²) in [5, 5.41) is 5.17. The van der Waals surface area contributed by atoms with Crippen LogP contribution in [-0.2, 0) is 14.3 Å². The van der Waals surface area contributed by atoms with Crippen LogP contribution in [0.25, 0.3) is 0 Å². The summed E-state index contributed by atoms with van der Waals surface area (Å²) < 4.78 is 15.4. The molecule has 8 heteroatoms. The van der Waals surface area contributed by atoms with E-state index in [4.69, 9.17) is 14.2 Å². The van der Waals surface area contributed by atoms with Crippen LogP contribution in [0, 0.1) is 0 Å². The van der Waals surface area contributed by atoms with Gasteiger partial charge in [0.05, 0.1) is 20.3 Å². The highest BCUT2D eigenvalue weighted by Crippen LogP contribution is 2.29. The standard InChI is InChI=1S/C21H24N2O6/c1-14(17-11-16(27-2)9-10-18(17)28-3)23-19(24)13-29-20(25)12-22-21(26)15-7-5-4-6-8-15/h4-11,14H,12-13H2,1-3H3,(H,22,26)(H,23,24). The molecule has 0 heterocycles. The molecule has 0 radical (unpaired) electrons. The summed E-state index contributed by atoms with van der Waals surface area (Å²) in [4.78, 5) is 35.7. The van der Waals surface area contributed by atoms with E-state index in [1.54, 1.807) is 62.6 Å². The molecule has 2 N–H and O–H groups in total. The molecule has 2 aromatic carbocycles. The summed E-state index contributed by atoms with van der Waals surface area (Å²) in [6.07, 6.45) is 0. The molecule has 0 aliphatic heterocycles. The van der Waals surface area contributed by atoms with Gasteiger partial charge in [0, 0.05) is 11.1 Å². The molecule has 0 aliphatic rings. The van der Waals surface area contributed by atoms with E-state index in [9.17, 15) is 14.4 Å². The summed E-state index contributed by atoms with van der Waals surface area (Å²) in [6, 6.07) is 13.3. The monoisotopic (exact) mass is 400 g/mol. The zero-order valence-corrected chi connectivity index (χ0v) is 16.6. The van der Waals surface area contributed by atoms with Gasteiger partial charge in [0.2, 0.25) is 0 Å². The summed E-state index contributed by atoms with van der Waals surface area (Å²) in [7, 11) is 3.08. The number of hydrogen-bond donors (Lipinski definition) is 2. The van der Waals surface area contributed by atoms with Gasteiger partial charge in [-0.25, -0.2) is 0 Å². The Hall–Kier alpha value is -3.55. The predicted molar refractivity (Wildman–Crippen MR) is 106 cm³/mol. The molecule has 0 spiro atoms. The molecule has 0 fully saturated rings. The maximum atomic E-state index is 12.1.